The van der Waals surface area contributed by atoms with Crippen LogP contribution in [0.4, 0.5) is 22.0 Å². The van der Waals surface area contributed by atoms with Crippen molar-refractivity contribution in [2.24, 2.45) is 0 Å². The van der Waals surface area contributed by atoms with Crippen molar-refractivity contribution in [3.05, 3.63) is 66.6 Å². The van der Waals surface area contributed by atoms with Crippen LogP contribution >= 0.6 is 0 Å². The summed E-state index contributed by atoms with van der Waals surface area (Å²) in [5, 5.41) is 14.0. The fourth-order valence-electron chi connectivity index (χ4n) is 2.40. The molecule has 8 heteroatoms. The minimum atomic E-state index is -1.18. The smallest absolute Gasteiger partial charge is 0.409 e. The number of aromatic nitrogens is 2. The molecule has 0 bridgehead atoms. The van der Waals surface area contributed by atoms with Crippen molar-refractivity contribution in [3.63, 3.8) is 0 Å². The number of nitrogens with one attached hydrogen (secondary N) is 2. The van der Waals surface area contributed by atoms with Crippen LogP contribution in [0.1, 0.15) is 10.4 Å². The number of carbonyl (C=O) groups is 2. The molecular weight excluding hydrogens is 334 g/mol. The summed E-state index contributed by atoms with van der Waals surface area (Å²) in [6, 6.07) is 11.7. The van der Waals surface area contributed by atoms with Crippen LogP contribution in [-0.2, 0) is 0 Å². The molecule has 0 spiro atoms. The van der Waals surface area contributed by atoms with Crippen molar-refractivity contribution in [1.82, 2.24) is 9.97 Å². The van der Waals surface area contributed by atoms with E-state index in [-0.39, 0.29) is 11.4 Å². The van der Waals surface area contributed by atoms with Crippen LogP contribution in [0.25, 0.3) is 11.1 Å². The first-order valence-corrected chi connectivity index (χ1v) is 7.61. The van der Waals surface area contributed by atoms with E-state index in [0.717, 1.165) is 0 Å². The number of anilines is 3. The van der Waals surface area contributed by atoms with Crippen molar-refractivity contribution in [1.29, 1.82) is 0 Å². The standard InChI is InChI=1S/C18H15N5O3/c19-16-14(17(24)22-12-5-7-20-8-6-12)9-11(10-21-16)13-3-1-2-4-15(13)23-18(25)26/h1-10,23H,(H2,19,21)(H,25,26)(H,20,22,24). The van der Waals surface area contributed by atoms with Crippen LogP contribution in [0.5, 0.6) is 0 Å². The Kier molecular flexibility index (Phi) is 4.75. The predicted octanol–water partition coefficient (Wildman–Crippen LogP) is 3.07. The molecule has 5 N–H and O–H groups in total. The summed E-state index contributed by atoms with van der Waals surface area (Å²) in [4.78, 5) is 31.4. The van der Waals surface area contributed by atoms with E-state index in [1.807, 2.05) is 0 Å². The first-order chi connectivity index (χ1) is 12.5. The van der Waals surface area contributed by atoms with Gasteiger partial charge in [-0.05, 0) is 24.3 Å². The zero-order valence-electron chi connectivity index (χ0n) is 13.5. The van der Waals surface area contributed by atoms with Gasteiger partial charge in [-0.15, -0.1) is 0 Å². The number of nitrogens with zero attached hydrogens (tertiary/aromatic N) is 2. The Balaban J connectivity index is 1.96. The minimum absolute atomic E-state index is 0.0731. The average molecular weight is 349 g/mol. The van der Waals surface area contributed by atoms with Crippen molar-refractivity contribution in [2.45, 2.75) is 0 Å². The fourth-order valence-corrected chi connectivity index (χ4v) is 2.40. The van der Waals surface area contributed by atoms with Gasteiger partial charge in [0.15, 0.2) is 0 Å². The number of pyridine rings is 2. The topological polar surface area (TPSA) is 130 Å². The average Bonchev–Trinajstić information content (AvgIpc) is 2.63. The van der Waals surface area contributed by atoms with E-state index in [2.05, 4.69) is 20.6 Å². The van der Waals surface area contributed by atoms with Crippen LogP contribution in [0.2, 0.25) is 0 Å². The van der Waals surface area contributed by atoms with Crippen LogP contribution in [-0.4, -0.2) is 27.1 Å². The Morgan fingerprint density at radius 1 is 1.04 bits per heavy atom. The Morgan fingerprint density at radius 2 is 1.77 bits per heavy atom. The minimum Gasteiger partial charge on any atom is -0.465 e. The van der Waals surface area contributed by atoms with Crippen LogP contribution in [0, 0.1) is 0 Å². The molecule has 3 aromatic rings. The van der Waals surface area contributed by atoms with E-state index >= 15 is 0 Å². The number of carbonyl (C=O) groups excluding carboxylic acids is 1. The molecule has 2 amide bonds. The van der Waals surface area contributed by atoms with Crippen molar-refractivity contribution in [3.8, 4) is 11.1 Å². The number of carboxylic acid groups (broad SMARTS) is 1. The number of hydrogen-bond donors (Lipinski definition) is 4. The van der Waals surface area contributed by atoms with Gasteiger partial charge in [0, 0.05) is 35.4 Å². The SMILES string of the molecule is Nc1ncc(-c2ccccc2NC(=O)O)cc1C(=O)Nc1ccncc1. The van der Waals surface area contributed by atoms with Gasteiger partial charge in [-0.3, -0.25) is 15.1 Å². The van der Waals surface area contributed by atoms with Crippen LogP contribution in [0.3, 0.4) is 0 Å². The van der Waals surface area contributed by atoms with Crippen LogP contribution < -0.4 is 16.4 Å². The molecule has 0 fully saturated rings. The van der Waals surface area contributed by atoms with E-state index in [0.29, 0.717) is 22.5 Å². The van der Waals surface area contributed by atoms with Gasteiger partial charge in [-0.25, -0.2) is 9.78 Å². The van der Waals surface area contributed by atoms with Crippen LogP contribution in [0.15, 0.2) is 61.1 Å². The predicted molar refractivity (Wildman–Crippen MR) is 97.9 cm³/mol. The largest absolute Gasteiger partial charge is 0.465 e. The lowest BCUT2D eigenvalue weighted by Gasteiger charge is -2.12. The number of nitrogen functional groups attached to an aromatic ring is 1. The molecule has 0 unspecified atom stereocenters. The normalized spacial score (nSPS) is 10.2. The third kappa shape index (κ3) is 3.75. The lowest BCUT2D eigenvalue weighted by atomic mass is 10.0. The molecule has 0 saturated heterocycles. The summed E-state index contributed by atoms with van der Waals surface area (Å²) >= 11 is 0. The summed E-state index contributed by atoms with van der Waals surface area (Å²) in [7, 11) is 0. The summed E-state index contributed by atoms with van der Waals surface area (Å²) in [6.45, 7) is 0. The number of amides is 2. The highest BCUT2D eigenvalue weighted by Gasteiger charge is 2.15. The Labute approximate surface area is 148 Å². The second-order valence-corrected chi connectivity index (χ2v) is 5.32. The molecule has 0 radical (unpaired) electrons. The quantitative estimate of drug-likeness (QED) is 0.572. The maximum atomic E-state index is 12.5. The summed E-state index contributed by atoms with van der Waals surface area (Å²) in [6.07, 6.45) is 3.42. The number of para-hydroxylation sites is 1. The van der Waals surface area contributed by atoms with E-state index in [4.69, 9.17) is 10.8 Å². The highest BCUT2D eigenvalue weighted by Crippen LogP contribution is 2.29. The lowest BCUT2D eigenvalue weighted by molar-refractivity contribution is 0.102. The highest BCUT2D eigenvalue weighted by atomic mass is 16.4. The lowest BCUT2D eigenvalue weighted by Crippen LogP contribution is -2.15. The van der Waals surface area contributed by atoms with Gasteiger partial charge in [0.25, 0.3) is 5.91 Å². The Bertz CT molecular complexity index is 960. The van der Waals surface area contributed by atoms with Gasteiger partial charge in [-0.1, -0.05) is 18.2 Å². The zero-order valence-corrected chi connectivity index (χ0v) is 13.5. The molecule has 1 aromatic carbocycles. The number of nitrogens with two attached hydrogens (primary N) is 1. The molecule has 0 saturated carbocycles. The third-order valence-electron chi connectivity index (χ3n) is 3.58. The molecule has 0 aliphatic heterocycles. The first kappa shape index (κ1) is 16.9. The number of benzene rings is 1. The van der Waals surface area contributed by atoms with Crippen molar-refractivity contribution >= 4 is 29.2 Å². The molecule has 26 heavy (non-hydrogen) atoms. The monoisotopic (exact) mass is 349 g/mol. The number of rotatable bonds is 4. The molecule has 0 atom stereocenters. The highest BCUT2D eigenvalue weighted by molar-refractivity contribution is 6.08. The second kappa shape index (κ2) is 7.31. The Morgan fingerprint density at radius 3 is 2.50 bits per heavy atom. The molecule has 0 aliphatic rings. The van der Waals surface area contributed by atoms with Gasteiger partial charge in [0.05, 0.1) is 11.3 Å². The molecular formula is C18H15N5O3. The number of hydrogen-bond acceptors (Lipinski definition) is 5. The maximum Gasteiger partial charge on any atom is 0.409 e. The summed E-state index contributed by atoms with van der Waals surface area (Å²) < 4.78 is 0. The van der Waals surface area contributed by atoms with Gasteiger partial charge in [0.2, 0.25) is 0 Å². The van der Waals surface area contributed by atoms with E-state index in [1.165, 1.54) is 6.20 Å². The van der Waals surface area contributed by atoms with E-state index in [1.54, 1.807) is 54.9 Å². The molecule has 2 aromatic heterocycles. The van der Waals surface area contributed by atoms with Gasteiger partial charge < -0.3 is 16.2 Å². The van der Waals surface area contributed by atoms with Gasteiger partial charge in [0.1, 0.15) is 5.82 Å². The summed E-state index contributed by atoms with van der Waals surface area (Å²) in [5.74, 6) is -0.351. The van der Waals surface area contributed by atoms with E-state index < -0.39 is 12.0 Å². The molecule has 0 aliphatic carbocycles. The fraction of sp³-hybridized carbons (Fsp3) is 0. The second-order valence-electron chi connectivity index (χ2n) is 5.32. The zero-order chi connectivity index (χ0) is 18.5. The maximum absolute atomic E-state index is 12.5. The third-order valence-corrected chi connectivity index (χ3v) is 3.58. The molecule has 8 nitrogen and oxygen atoms in total. The first-order valence-electron chi connectivity index (χ1n) is 7.61. The van der Waals surface area contributed by atoms with E-state index in [9.17, 15) is 9.59 Å². The van der Waals surface area contributed by atoms with Gasteiger partial charge >= 0.3 is 6.09 Å². The molecule has 130 valence electrons. The van der Waals surface area contributed by atoms with Crippen molar-refractivity contribution in [2.75, 3.05) is 16.4 Å². The summed E-state index contributed by atoms with van der Waals surface area (Å²) in [5.41, 5.74) is 8.13. The Hall–Kier alpha value is -3.94. The van der Waals surface area contributed by atoms with Crippen molar-refractivity contribution < 1.29 is 14.7 Å². The molecule has 2 heterocycles. The van der Waals surface area contributed by atoms with Gasteiger partial charge in [-0.2, -0.15) is 0 Å². The molecule has 3 rings (SSSR count).